The number of rotatable bonds is 21. The van der Waals surface area contributed by atoms with Gasteiger partial charge in [-0.3, -0.25) is 34.7 Å². The van der Waals surface area contributed by atoms with Crippen molar-refractivity contribution in [3.05, 3.63) is 330 Å². The Labute approximate surface area is 492 Å². The predicted octanol–water partition coefficient (Wildman–Crippen LogP) is 19.2. The minimum absolute atomic E-state index is 0.552. The molecule has 6 aromatic carbocycles. The maximum Gasteiger partial charge on any atom is 0.317 e. The van der Waals surface area contributed by atoms with Crippen LogP contribution in [0, 0.1) is 0 Å². The third kappa shape index (κ3) is 10.6. The lowest BCUT2D eigenvalue weighted by atomic mass is 9.86. The summed E-state index contributed by atoms with van der Waals surface area (Å²) in [6.07, 6.45) is 33.0. The summed E-state index contributed by atoms with van der Waals surface area (Å²) in [5, 5.41) is 0. The summed E-state index contributed by atoms with van der Waals surface area (Å²) in [6.45, 7) is 0. The van der Waals surface area contributed by atoms with Gasteiger partial charge in [0.15, 0.2) is 0 Å². The standard InChI is InChI=1S/C68H54N8O4P4/c1-5-29-55(30-6-1)59-53-60(56-31-7-2-8-32-56)66(78-82(71-41-17-18-42-71)72-43-19-20-44-72)63(65(59)77-81(69-37-13-14-38-69)70-39-15-16-40-70)64-67(79-83(73-45-21-22-46-73)74-47-23-24-48-74)61(57-33-9-3-10-34-57)54-62(58-35-11-4-12-36-58)68(64)80-84(75-49-25-26-50-75)76-51-27-28-52-76/h1-54H. The van der Waals surface area contributed by atoms with Gasteiger partial charge in [-0.05, 0) is 131 Å². The summed E-state index contributed by atoms with van der Waals surface area (Å²) in [7, 11) is -6.91. The Bertz CT molecular complexity index is 3610. The summed E-state index contributed by atoms with van der Waals surface area (Å²) in [5.74, 6) is 2.21. The lowest BCUT2D eigenvalue weighted by molar-refractivity contribution is 0.559. The van der Waals surface area contributed by atoms with Crippen LogP contribution in [0.3, 0.4) is 0 Å². The molecule has 0 saturated carbocycles. The van der Waals surface area contributed by atoms with Crippen LogP contribution in [0.5, 0.6) is 23.0 Å². The van der Waals surface area contributed by atoms with Crippen LogP contribution in [0.1, 0.15) is 0 Å². The molecule has 0 fully saturated rings. The molecule has 0 unspecified atom stereocenters. The molecule has 0 radical (unpaired) electrons. The first kappa shape index (κ1) is 52.5. The number of aromatic nitrogens is 8. The topological polar surface area (TPSA) is 76.4 Å². The highest BCUT2D eigenvalue weighted by molar-refractivity contribution is 7.50. The van der Waals surface area contributed by atoms with Crippen LogP contribution in [0.25, 0.3) is 55.6 Å². The Balaban J connectivity index is 1.22. The van der Waals surface area contributed by atoms with Crippen LogP contribution >= 0.6 is 33.8 Å². The molecule has 0 aliphatic carbocycles. The molecule has 0 N–H and O–H groups in total. The van der Waals surface area contributed by atoms with E-state index in [0.29, 0.717) is 34.1 Å². The van der Waals surface area contributed by atoms with Crippen molar-refractivity contribution in [2.45, 2.75) is 0 Å². The fourth-order valence-electron chi connectivity index (χ4n) is 10.2. The van der Waals surface area contributed by atoms with Gasteiger partial charge in [0.25, 0.3) is 0 Å². The second-order valence-electron chi connectivity index (χ2n) is 19.4. The zero-order chi connectivity index (χ0) is 56.0. The minimum Gasteiger partial charge on any atom is -0.434 e. The van der Waals surface area contributed by atoms with E-state index in [9.17, 15) is 0 Å². The van der Waals surface area contributed by atoms with E-state index in [1.165, 1.54) is 0 Å². The molecule has 14 aromatic rings. The molecular formula is C68H54N8O4P4. The van der Waals surface area contributed by atoms with E-state index >= 15 is 0 Å². The van der Waals surface area contributed by atoms with Crippen molar-refractivity contribution in [3.8, 4) is 78.6 Å². The molecule has 0 aliphatic heterocycles. The lowest BCUT2D eigenvalue weighted by Gasteiger charge is -2.32. The summed E-state index contributed by atoms with van der Waals surface area (Å²) in [5.41, 5.74) is 8.29. The van der Waals surface area contributed by atoms with Gasteiger partial charge < -0.3 is 18.1 Å². The Morgan fingerprint density at radius 1 is 0.190 bits per heavy atom. The molecule has 84 heavy (non-hydrogen) atoms. The van der Waals surface area contributed by atoms with Crippen LogP contribution in [-0.2, 0) is 0 Å². The fourth-order valence-corrected chi connectivity index (χ4v) is 16.3. The second-order valence-corrected chi connectivity index (χ2v) is 25.8. The van der Waals surface area contributed by atoms with E-state index in [-0.39, 0.29) is 0 Å². The van der Waals surface area contributed by atoms with Gasteiger partial charge in [0.05, 0.1) is 11.1 Å². The highest BCUT2D eigenvalue weighted by atomic mass is 31.2. The monoisotopic (exact) mass is 1170 g/mol. The fraction of sp³-hybridized carbons (Fsp3) is 0. The normalized spacial score (nSPS) is 11.5. The van der Waals surface area contributed by atoms with Crippen LogP contribution in [0.4, 0.5) is 0 Å². The smallest absolute Gasteiger partial charge is 0.317 e. The second kappa shape index (κ2) is 24.1. The van der Waals surface area contributed by atoms with E-state index in [0.717, 1.165) is 44.5 Å². The van der Waals surface area contributed by atoms with Crippen molar-refractivity contribution in [1.82, 2.24) is 34.7 Å². The molecule has 0 amide bonds. The zero-order valence-electron chi connectivity index (χ0n) is 45.2. The van der Waals surface area contributed by atoms with E-state index < -0.39 is 33.8 Å². The van der Waals surface area contributed by atoms with Crippen molar-refractivity contribution in [1.29, 1.82) is 0 Å². The molecule has 0 atom stereocenters. The molecule has 14 rings (SSSR count). The SMILES string of the molecule is c1ccc(-c2cc(-c3ccccc3)c(OP(n3cccc3)n3cccc3)c(-c3c(OP(n4cccc4)n4cccc4)c(-c4ccccc4)cc(-c4ccccc4)c3OP(n3cccc3)n3cccc3)c2OP(n2cccc2)n2cccc2)cc1. The zero-order valence-corrected chi connectivity index (χ0v) is 48.8. The van der Waals surface area contributed by atoms with Crippen LogP contribution in [0.15, 0.2) is 330 Å². The first-order valence-electron chi connectivity index (χ1n) is 27.3. The van der Waals surface area contributed by atoms with Crippen molar-refractivity contribution in [2.75, 3.05) is 0 Å². The molecule has 0 bridgehead atoms. The quantitative estimate of drug-likeness (QED) is 0.0672. The highest BCUT2D eigenvalue weighted by Gasteiger charge is 2.38. The molecule has 8 aromatic heterocycles. The average Bonchev–Trinajstić information content (AvgIpc) is 3.02. The number of hydrogen-bond acceptors (Lipinski definition) is 4. The van der Waals surface area contributed by atoms with Crippen LogP contribution in [0.2, 0.25) is 0 Å². The summed E-state index contributed by atoms with van der Waals surface area (Å²) < 4.78 is 49.8. The van der Waals surface area contributed by atoms with Gasteiger partial charge in [-0.15, -0.1) is 0 Å². The van der Waals surface area contributed by atoms with Gasteiger partial charge in [-0.25, -0.2) is 0 Å². The van der Waals surface area contributed by atoms with Crippen LogP contribution < -0.4 is 18.1 Å². The van der Waals surface area contributed by atoms with E-state index in [4.69, 9.17) is 18.1 Å². The molecule has 0 spiro atoms. The lowest BCUT2D eigenvalue weighted by Crippen LogP contribution is -2.11. The third-order valence-electron chi connectivity index (χ3n) is 14.0. The Kier molecular flexibility index (Phi) is 15.1. The first-order valence-corrected chi connectivity index (χ1v) is 32.0. The van der Waals surface area contributed by atoms with Crippen LogP contribution in [-0.4, -0.2) is 34.7 Å². The van der Waals surface area contributed by atoms with E-state index in [1.54, 1.807) is 0 Å². The van der Waals surface area contributed by atoms with Crippen molar-refractivity contribution in [3.63, 3.8) is 0 Å². The summed E-state index contributed by atoms with van der Waals surface area (Å²) in [6, 6.07) is 79.2. The summed E-state index contributed by atoms with van der Waals surface area (Å²) >= 11 is 0. The van der Waals surface area contributed by atoms with E-state index in [2.05, 4.69) is 267 Å². The Morgan fingerprint density at radius 3 is 0.500 bits per heavy atom. The van der Waals surface area contributed by atoms with E-state index in [1.807, 2.05) is 97.1 Å². The molecule has 410 valence electrons. The van der Waals surface area contributed by atoms with Gasteiger partial charge in [0.1, 0.15) is 23.0 Å². The van der Waals surface area contributed by atoms with Crippen molar-refractivity contribution >= 4 is 33.8 Å². The van der Waals surface area contributed by atoms with Crippen molar-refractivity contribution in [2.24, 2.45) is 0 Å². The van der Waals surface area contributed by atoms with Gasteiger partial charge in [-0.1, -0.05) is 121 Å². The van der Waals surface area contributed by atoms with Gasteiger partial charge in [-0.2, -0.15) is 0 Å². The molecule has 12 nitrogen and oxygen atoms in total. The maximum absolute atomic E-state index is 8.15. The predicted molar refractivity (Wildman–Crippen MR) is 342 cm³/mol. The average molecular weight is 1170 g/mol. The molecule has 8 heterocycles. The number of nitrogens with zero attached hydrogens (tertiary/aromatic N) is 8. The number of hydrogen-bond donors (Lipinski definition) is 0. The number of benzene rings is 6. The molecule has 0 saturated heterocycles. The van der Waals surface area contributed by atoms with Gasteiger partial charge >= 0.3 is 33.8 Å². The first-order chi connectivity index (χ1) is 41.7. The highest BCUT2D eigenvalue weighted by Crippen LogP contribution is 2.65. The molecule has 16 heteroatoms. The van der Waals surface area contributed by atoms with Gasteiger partial charge in [0, 0.05) is 121 Å². The molecular weight excluding hydrogens is 1120 g/mol. The maximum atomic E-state index is 8.15. The summed E-state index contributed by atoms with van der Waals surface area (Å²) in [4.78, 5) is 0. The van der Waals surface area contributed by atoms with Gasteiger partial charge in [0.2, 0.25) is 0 Å². The third-order valence-corrected chi connectivity index (χ3v) is 20.7. The molecule has 0 aliphatic rings. The Morgan fingerprint density at radius 2 is 0.345 bits per heavy atom. The minimum atomic E-state index is -1.73. The van der Waals surface area contributed by atoms with Crippen molar-refractivity contribution < 1.29 is 18.1 Å². The Hall–Kier alpha value is -9.52. The largest absolute Gasteiger partial charge is 0.434 e.